The number of rotatable bonds is 3. The zero-order valence-electron chi connectivity index (χ0n) is 12.6. The van der Waals surface area contributed by atoms with Crippen LogP contribution in [0.5, 0.6) is 0 Å². The van der Waals surface area contributed by atoms with Crippen LogP contribution in [0, 0.1) is 0 Å². The third kappa shape index (κ3) is 4.38. The number of halogens is 3. The predicted octanol–water partition coefficient (Wildman–Crippen LogP) is 4.42. The van der Waals surface area contributed by atoms with Crippen molar-refractivity contribution in [3.05, 3.63) is 54.1 Å². The first-order valence-corrected chi connectivity index (χ1v) is 6.79. The highest BCUT2D eigenvalue weighted by Crippen LogP contribution is 2.34. The van der Waals surface area contributed by atoms with Gasteiger partial charge >= 0.3 is 12.2 Å². The van der Waals surface area contributed by atoms with Crippen LogP contribution < -0.4 is 15.5 Å². The molecule has 0 aromatic heterocycles. The molecule has 0 aliphatic rings. The molecule has 2 aromatic rings. The number of amides is 2. The Morgan fingerprint density at radius 1 is 1.00 bits per heavy atom. The van der Waals surface area contributed by atoms with Gasteiger partial charge in [0.25, 0.3) is 0 Å². The van der Waals surface area contributed by atoms with Gasteiger partial charge in [0, 0.05) is 25.5 Å². The summed E-state index contributed by atoms with van der Waals surface area (Å²) in [7, 11) is 3.69. The second-order valence-corrected chi connectivity index (χ2v) is 5.07. The molecule has 2 amide bonds. The molecule has 0 spiro atoms. The van der Waals surface area contributed by atoms with Crippen molar-refractivity contribution < 1.29 is 18.0 Å². The van der Waals surface area contributed by atoms with Crippen molar-refractivity contribution in [2.24, 2.45) is 0 Å². The number of urea groups is 1. The molecule has 2 rings (SSSR count). The number of carbonyl (C=O) groups is 1. The Morgan fingerprint density at radius 3 is 2.35 bits per heavy atom. The van der Waals surface area contributed by atoms with Crippen LogP contribution in [-0.2, 0) is 6.18 Å². The number of carbonyl (C=O) groups excluding carboxylic acids is 1. The van der Waals surface area contributed by atoms with E-state index in [1.807, 2.05) is 25.1 Å². The fourth-order valence-corrected chi connectivity index (χ4v) is 1.99. The number of nitrogens with one attached hydrogen (secondary N) is 2. The molecule has 7 heteroatoms. The van der Waals surface area contributed by atoms with Gasteiger partial charge in [-0.2, -0.15) is 13.2 Å². The first-order valence-electron chi connectivity index (χ1n) is 6.79. The molecule has 4 nitrogen and oxygen atoms in total. The van der Waals surface area contributed by atoms with Gasteiger partial charge in [-0.15, -0.1) is 0 Å². The van der Waals surface area contributed by atoms with Crippen molar-refractivity contribution in [2.45, 2.75) is 6.18 Å². The van der Waals surface area contributed by atoms with Crippen LogP contribution in [0.1, 0.15) is 5.56 Å². The number of benzene rings is 2. The van der Waals surface area contributed by atoms with Gasteiger partial charge in [-0.3, -0.25) is 0 Å². The molecule has 23 heavy (non-hydrogen) atoms. The zero-order chi connectivity index (χ0) is 17.0. The highest BCUT2D eigenvalue weighted by molar-refractivity contribution is 6.00. The lowest BCUT2D eigenvalue weighted by atomic mass is 10.1. The summed E-state index contributed by atoms with van der Waals surface area (Å²) in [6.07, 6.45) is -4.53. The highest BCUT2D eigenvalue weighted by Gasteiger charge is 2.33. The lowest BCUT2D eigenvalue weighted by Gasteiger charge is -2.16. The summed E-state index contributed by atoms with van der Waals surface area (Å²) >= 11 is 0. The number of hydrogen-bond acceptors (Lipinski definition) is 2. The number of para-hydroxylation sites is 1. The van der Waals surface area contributed by atoms with Crippen LogP contribution in [0.4, 0.5) is 35.0 Å². The zero-order valence-corrected chi connectivity index (χ0v) is 12.6. The van der Waals surface area contributed by atoms with E-state index in [0.717, 1.165) is 11.8 Å². The quantitative estimate of drug-likeness (QED) is 0.878. The minimum Gasteiger partial charge on any atom is -0.378 e. The molecule has 0 radical (unpaired) electrons. The van der Waals surface area contributed by atoms with Gasteiger partial charge in [-0.25, -0.2) is 4.79 Å². The number of alkyl halides is 3. The van der Waals surface area contributed by atoms with E-state index in [2.05, 4.69) is 10.6 Å². The summed E-state index contributed by atoms with van der Waals surface area (Å²) in [5, 5.41) is 4.75. The average molecular weight is 323 g/mol. The average Bonchev–Trinajstić information content (AvgIpc) is 2.46. The van der Waals surface area contributed by atoms with Crippen molar-refractivity contribution >= 4 is 23.1 Å². The SMILES string of the molecule is CN(C)c1cccc(NC(=O)Nc2ccccc2C(F)(F)F)c1. The summed E-state index contributed by atoms with van der Waals surface area (Å²) in [5.74, 6) is 0. The van der Waals surface area contributed by atoms with Gasteiger partial charge in [-0.05, 0) is 30.3 Å². The largest absolute Gasteiger partial charge is 0.418 e. The molecule has 0 atom stereocenters. The van der Waals surface area contributed by atoms with Gasteiger partial charge in [0.1, 0.15) is 0 Å². The first kappa shape index (κ1) is 16.7. The molecule has 0 aliphatic carbocycles. The molecular formula is C16H16F3N3O. The topological polar surface area (TPSA) is 44.4 Å². The Labute approximate surface area is 131 Å². The lowest BCUT2D eigenvalue weighted by molar-refractivity contribution is -0.136. The van der Waals surface area contributed by atoms with E-state index in [1.54, 1.807) is 18.2 Å². The first-order chi connectivity index (χ1) is 10.8. The minimum atomic E-state index is -4.53. The summed E-state index contributed by atoms with van der Waals surface area (Å²) in [5.41, 5.74) is 0.162. The summed E-state index contributed by atoms with van der Waals surface area (Å²) in [4.78, 5) is 13.8. The molecule has 0 saturated carbocycles. The summed E-state index contributed by atoms with van der Waals surface area (Å²) in [6.45, 7) is 0. The second kappa shape index (κ2) is 6.60. The fourth-order valence-electron chi connectivity index (χ4n) is 1.99. The van der Waals surface area contributed by atoms with Crippen LogP contribution >= 0.6 is 0 Å². The lowest BCUT2D eigenvalue weighted by Crippen LogP contribution is -2.22. The van der Waals surface area contributed by atoms with E-state index in [9.17, 15) is 18.0 Å². The fraction of sp³-hybridized carbons (Fsp3) is 0.188. The molecule has 2 N–H and O–H groups in total. The van der Waals surface area contributed by atoms with E-state index in [1.165, 1.54) is 18.2 Å². The van der Waals surface area contributed by atoms with Gasteiger partial charge in [0.2, 0.25) is 0 Å². The van der Waals surface area contributed by atoms with Gasteiger partial charge in [0.05, 0.1) is 11.3 Å². The van der Waals surface area contributed by atoms with E-state index in [4.69, 9.17) is 0 Å². The van der Waals surface area contributed by atoms with Crippen LogP contribution in [0.15, 0.2) is 48.5 Å². The van der Waals surface area contributed by atoms with Crippen molar-refractivity contribution in [3.8, 4) is 0 Å². The van der Waals surface area contributed by atoms with E-state index >= 15 is 0 Å². The summed E-state index contributed by atoms with van der Waals surface area (Å²) < 4.78 is 38.7. The van der Waals surface area contributed by atoms with Gasteiger partial charge in [-0.1, -0.05) is 18.2 Å². The smallest absolute Gasteiger partial charge is 0.378 e. The molecule has 0 saturated heterocycles. The Bertz CT molecular complexity index is 699. The third-order valence-corrected chi connectivity index (χ3v) is 3.10. The molecular weight excluding hydrogens is 307 g/mol. The van der Waals surface area contributed by atoms with E-state index in [-0.39, 0.29) is 5.69 Å². The van der Waals surface area contributed by atoms with Crippen molar-refractivity contribution in [1.82, 2.24) is 0 Å². The Hall–Kier alpha value is -2.70. The Morgan fingerprint density at radius 2 is 1.70 bits per heavy atom. The summed E-state index contributed by atoms with van der Waals surface area (Å²) in [6, 6.07) is 11.1. The second-order valence-electron chi connectivity index (χ2n) is 5.07. The predicted molar refractivity (Wildman–Crippen MR) is 84.9 cm³/mol. The number of nitrogens with zero attached hydrogens (tertiary/aromatic N) is 1. The Kier molecular flexibility index (Phi) is 4.78. The molecule has 0 heterocycles. The van der Waals surface area contributed by atoms with Crippen molar-refractivity contribution in [3.63, 3.8) is 0 Å². The number of anilines is 3. The van der Waals surface area contributed by atoms with Crippen molar-refractivity contribution in [2.75, 3.05) is 29.6 Å². The third-order valence-electron chi connectivity index (χ3n) is 3.10. The van der Waals surface area contributed by atoms with Crippen molar-refractivity contribution in [1.29, 1.82) is 0 Å². The standard InChI is InChI=1S/C16H16F3N3O/c1-22(2)12-7-5-6-11(10-12)20-15(23)21-14-9-4-3-8-13(14)16(17,18)19/h3-10H,1-2H3,(H2,20,21,23). The molecule has 0 fully saturated rings. The maximum atomic E-state index is 12.9. The maximum Gasteiger partial charge on any atom is 0.418 e. The minimum absolute atomic E-state index is 0.290. The maximum absolute atomic E-state index is 12.9. The molecule has 2 aromatic carbocycles. The highest BCUT2D eigenvalue weighted by atomic mass is 19.4. The number of hydrogen-bond donors (Lipinski definition) is 2. The van der Waals surface area contributed by atoms with E-state index in [0.29, 0.717) is 5.69 Å². The Balaban J connectivity index is 2.13. The van der Waals surface area contributed by atoms with Gasteiger partial charge < -0.3 is 15.5 Å². The van der Waals surface area contributed by atoms with Gasteiger partial charge in [0.15, 0.2) is 0 Å². The van der Waals surface area contributed by atoms with E-state index < -0.39 is 17.8 Å². The molecule has 122 valence electrons. The van der Waals surface area contributed by atoms with Crippen LogP contribution in [0.2, 0.25) is 0 Å². The van der Waals surface area contributed by atoms with Crippen LogP contribution in [0.25, 0.3) is 0 Å². The van der Waals surface area contributed by atoms with Crippen LogP contribution in [-0.4, -0.2) is 20.1 Å². The normalized spacial score (nSPS) is 11.0. The van der Waals surface area contributed by atoms with Crippen LogP contribution in [0.3, 0.4) is 0 Å². The molecule has 0 unspecified atom stereocenters. The molecule has 0 aliphatic heterocycles. The molecule has 0 bridgehead atoms. The monoisotopic (exact) mass is 323 g/mol.